The van der Waals surface area contributed by atoms with E-state index in [0.29, 0.717) is 32.0 Å². The van der Waals surface area contributed by atoms with E-state index in [2.05, 4.69) is 4.90 Å². The molecule has 0 saturated carbocycles. The molecule has 0 N–H and O–H groups in total. The zero-order chi connectivity index (χ0) is 19.3. The van der Waals surface area contributed by atoms with E-state index in [9.17, 15) is 13.2 Å². The van der Waals surface area contributed by atoms with Crippen LogP contribution in [-0.4, -0.2) is 74.5 Å². The second-order valence-electron chi connectivity index (χ2n) is 7.58. The van der Waals surface area contributed by atoms with Crippen LogP contribution in [0.4, 0.5) is 0 Å². The third-order valence-corrected chi connectivity index (χ3v) is 7.36. The number of ether oxygens (including phenoxy) is 1. The first kappa shape index (κ1) is 20.1. The normalized spacial score (nSPS) is 23.2. The molecular weight excluding hydrogens is 364 g/mol. The van der Waals surface area contributed by atoms with Crippen LogP contribution in [0.1, 0.15) is 26.2 Å². The molecule has 2 aliphatic heterocycles. The molecule has 2 fully saturated rings. The molecule has 2 saturated heterocycles. The van der Waals surface area contributed by atoms with Gasteiger partial charge < -0.3 is 9.64 Å². The number of carbonyl (C=O) groups excluding carboxylic acids is 1. The third-order valence-electron chi connectivity index (χ3n) is 5.61. The molecule has 6 nitrogen and oxygen atoms in total. The lowest BCUT2D eigenvalue weighted by molar-refractivity contribution is -0.134. The molecule has 2 heterocycles. The molecule has 0 aromatic heterocycles. The highest BCUT2D eigenvalue weighted by Crippen LogP contribution is 2.21. The zero-order valence-corrected chi connectivity index (χ0v) is 16.9. The van der Waals surface area contributed by atoms with E-state index < -0.39 is 9.84 Å². The Morgan fingerprint density at radius 2 is 1.89 bits per heavy atom. The standard InChI is InChI=1S/C20H30N2O4S/c1-2-22(18-10-13-27(24,25)16-18)20(23)14-21-11-8-17(9-12-21)15-26-19-6-4-3-5-7-19/h3-7,17-18H,2,8-16H2,1H3. The summed E-state index contributed by atoms with van der Waals surface area (Å²) in [5.74, 6) is 1.79. The SMILES string of the molecule is CCN(C(=O)CN1CCC(COc2ccccc2)CC1)C1CCS(=O)(=O)C1. The predicted molar refractivity (Wildman–Crippen MR) is 106 cm³/mol. The topological polar surface area (TPSA) is 66.9 Å². The maximum atomic E-state index is 12.7. The van der Waals surface area contributed by atoms with Crippen LogP contribution in [0, 0.1) is 5.92 Å². The summed E-state index contributed by atoms with van der Waals surface area (Å²) in [6.07, 6.45) is 2.61. The van der Waals surface area contributed by atoms with Crippen LogP contribution < -0.4 is 4.74 Å². The minimum Gasteiger partial charge on any atom is -0.493 e. The third kappa shape index (κ3) is 5.69. The number of likely N-dealkylation sites (tertiary alicyclic amines) is 1. The van der Waals surface area contributed by atoms with Gasteiger partial charge in [0.1, 0.15) is 5.75 Å². The Balaban J connectivity index is 1.42. The molecule has 0 aliphatic carbocycles. The first-order valence-electron chi connectivity index (χ1n) is 9.87. The molecule has 1 unspecified atom stereocenters. The Kier molecular flexibility index (Phi) is 6.76. The summed E-state index contributed by atoms with van der Waals surface area (Å²) < 4.78 is 29.3. The van der Waals surface area contributed by atoms with Crippen molar-refractivity contribution in [2.24, 2.45) is 5.92 Å². The Hall–Kier alpha value is -1.60. The van der Waals surface area contributed by atoms with Gasteiger partial charge in [0.15, 0.2) is 9.84 Å². The van der Waals surface area contributed by atoms with Crippen LogP contribution >= 0.6 is 0 Å². The lowest BCUT2D eigenvalue weighted by atomic mass is 9.98. The Bertz CT molecular complexity index is 715. The van der Waals surface area contributed by atoms with Gasteiger partial charge in [-0.2, -0.15) is 0 Å². The summed E-state index contributed by atoms with van der Waals surface area (Å²) in [6.45, 7) is 5.37. The van der Waals surface area contributed by atoms with Crippen molar-refractivity contribution in [3.8, 4) is 5.75 Å². The summed E-state index contributed by atoms with van der Waals surface area (Å²) in [4.78, 5) is 16.6. The van der Waals surface area contributed by atoms with E-state index >= 15 is 0 Å². The largest absolute Gasteiger partial charge is 0.493 e. The van der Waals surface area contributed by atoms with Crippen LogP contribution in [-0.2, 0) is 14.6 Å². The summed E-state index contributed by atoms with van der Waals surface area (Å²) >= 11 is 0. The highest BCUT2D eigenvalue weighted by atomic mass is 32.2. The van der Waals surface area contributed by atoms with E-state index in [1.807, 2.05) is 37.3 Å². The average Bonchev–Trinajstić information content (AvgIpc) is 3.02. The number of benzene rings is 1. The van der Waals surface area contributed by atoms with Crippen LogP contribution in [0.5, 0.6) is 5.75 Å². The van der Waals surface area contributed by atoms with Crippen LogP contribution in [0.15, 0.2) is 30.3 Å². The Morgan fingerprint density at radius 1 is 1.19 bits per heavy atom. The fourth-order valence-corrected chi connectivity index (χ4v) is 5.71. The number of likely N-dealkylation sites (N-methyl/N-ethyl adjacent to an activating group) is 1. The summed E-state index contributed by atoms with van der Waals surface area (Å²) in [7, 11) is -2.98. The number of hydrogen-bond acceptors (Lipinski definition) is 5. The number of carbonyl (C=O) groups is 1. The first-order chi connectivity index (χ1) is 13.0. The molecule has 0 radical (unpaired) electrons. The van der Waals surface area contributed by atoms with Gasteiger partial charge in [-0.1, -0.05) is 18.2 Å². The van der Waals surface area contributed by atoms with Gasteiger partial charge in [0.2, 0.25) is 5.91 Å². The van der Waals surface area contributed by atoms with Crippen molar-refractivity contribution in [1.29, 1.82) is 0 Å². The minimum absolute atomic E-state index is 0.0542. The molecule has 27 heavy (non-hydrogen) atoms. The van der Waals surface area contributed by atoms with Gasteiger partial charge in [-0.25, -0.2) is 8.42 Å². The van der Waals surface area contributed by atoms with E-state index in [1.165, 1.54) is 0 Å². The lowest BCUT2D eigenvalue weighted by Crippen LogP contribution is -2.48. The number of piperidine rings is 1. The maximum absolute atomic E-state index is 12.7. The molecule has 3 rings (SSSR count). The smallest absolute Gasteiger partial charge is 0.237 e. The molecule has 1 aromatic carbocycles. The molecule has 1 atom stereocenters. The molecular formula is C20H30N2O4S. The molecule has 2 aliphatic rings. The fraction of sp³-hybridized carbons (Fsp3) is 0.650. The molecule has 0 bridgehead atoms. The summed E-state index contributed by atoms with van der Waals surface area (Å²) in [5.41, 5.74) is 0. The van der Waals surface area contributed by atoms with E-state index in [-0.39, 0.29) is 23.5 Å². The van der Waals surface area contributed by atoms with Crippen molar-refractivity contribution in [3.63, 3.8) is 0 Å². The number of amides is 1. The van der Waals surface area contributed by atoms with Gasteiger partial charge in [0.25, 0.3) is 0 Å². The number of para-hydroxylation sites is 1. The van der Waals surface area contributed by atoms with Crippen molar-refractivity contribution in [1.82, 2.24) is 9.80 Å². The molecule has 150 valence electrons. The van der Waals surface area contributed by atoms with E-state index in [0.717, 1.165) is 31.7 Å². The lowest BCUT2D eigenvalue weighted by Gasteiger charge is -2.34. The second-order valence-corrected chi connectivity index (χ2v) is 9.81. The highest BCUT2D eigenvalue weighted by molar-refractivity contribution is 7.91. The fourth-order valence-electron chi connectivity index (χ4n) is 3.98. The van der Waals surface area contributed by atoms with Crippen molar-refractivity contribution >= 4 is 15.7 Å². The first-order valence-corrected chi connectivity index (χ1v) is 11.7. The van der Waals surface area contributed by atoms with Gasteiger partial charge in [-0.3, -0.25) is 9.69 Å². The van der Waals surface area contributed by atoms with E-state index in [4.69, 9.17) is 4.74 Å². The monoisotopic (exact) mass is 394 g/mol. The average molecular weight is 395 g/mol. The minimum atomic E-state index is -2.98. The zero-order valence-electron chi connectivity index (χ0n) is 16.0. The van der Waals surface area contributed by atoms with Crippen molar-refractivity contribution in [2.45, 2.75) is 32.2 Å². The van der Waals surface area contributed by atoms with Gasteiger partial charge in [-0.15, -0.1) is 0 Å². The van der Waals surface area contributed by atoms with Gasteiger partial charge in [0, 0.05) is 12.6 Å². The predicted octanol–water partition coefficient (Wildman–Crippen LogP) is 1.81. The number of sulfone groups is 1. The van der Waals surface area contributed by atoms with Crippen molar-refractivity contribution < 1.29 is 17.9 Å². The van der Waals surface area contributed by atoms with Gasteiger partial charge in [0.05, 0.1) is 24.7 Å². The van der Waals surface area contributed by atoms with Crippen molar-refractivity contribution in [2.75, 3.05) is 44.3 Å². The molecule has 7 heteroatoms. The molecule has 1 aromatic rings. The van der Waals surface area contributed by atoms with Crippen LogP contribution in [0.3, 0.4) is 0 Å². The quantitative estimate of drug-likeness (QED) is 0.706. The number of nitrogens with zero attached hydrogens (tertiary/aromatic N) is 2. The van der Waals surface area contributed by atoms with E-state index in [1.54, 1.807) is 4.90 Å². The molecule has 1 amide bonds. The number of hydrogen-bond donors (Lipinski definition) is 0. The van der Waals surface area contributed by atoms with Crippen LogP contribution in [0.2, 0.25) is 0 Å². The highest BCUT2D eigenvalue weighted by Gasteiger charge is 2.34. The molecule has 0 spiro atoms. The number of rotatable bonds is 7. The maximum Gasteiger partial charge on any atom is 0.237 e. The van der Waals surface area contributed by atoms with Crippen molar-refractivity contribution in [3.05, 3.63) is 30.3 Å². The van der Waals surface area contributed by atoms with Crippen LogP contribution in [0.25, 0.3) is 0 Å². The summed E-state index contributed by atoms with van der Waals surface area (Å²) in [6, 6.07) is 9.71. The Morgan fingerprint density at radius 3 is 2.48 bits per heavy atom. The Labute approximate surface area is 162 Å². The second kappa shape index (κ2) is 9.06. The summed E-state index contributed by atoms with van der Waals surface area (Å²) in [5, 5.41) is 0. The van der Waals surface area contributed by atoms with Gasteiger partial charge >= 0.3 is 0 Å². The van der Waals surface area contributed by atoms with Gasteiger partial charge in [-0.05, 0) is 57.3 Å².